The Labute approximate surface area is 196 Å². The minimum atomic E-state index is -0.0539. The van der Waals surface area contributed by atoms with Crippen molar-refractivity contribution in [2.75, 3.05) is 19.0 Å². The minimum absolute atomic E-state index is 0.0539. The first-order valence-corrected chi connectivity index (χ1v) is 11.9. The standard InChI is InChI=1S/C27H34N4O2/c1-20-18-28-19-31(20)16-8-15-29-25-12-7-6-11-23(25)21-13-14-26(33-2)24(17-21)27(32)30-22-9-4-3-5-10-22/h6-7,11-14,17-19,22,29H,3-5,8-10,15-16H2,1-2H3,(H,30,32). The number of hydrogen-bond acceptors (Lipinski definition) is 4. The van der Waals surface area contributed by atoms with E-state index in [9.17, 15) is 4.79 Å². The van der Waals surface area contributed by atoms with Crippen molar-refractivity contribution in [1.82, 2.24) is 14.9 Å². The number of aromatic nitrogens is 2. The lowest BCUT2D eigenvalue weighted by atomic mass is 9.95. The molecule has 174 valence electrons. The number of imidazole rings is 1. The smallest absolute Gasteiger partial charge is 0.255 e. The third kappa shape index (κ3) is 5.75. The van der Waals surface area contributed by atoms with Crippen LogP contribution in [0.15, 0.2) is 55.0 Å². The molecular weight excluding hydrogens is 412 g/mol. The molecule has 2 aromatic carbocycles. The van der Waals surface area contributed by atoms with E-state index in [1.807, 2.05) is 42.9 Å². The summed E-state index contributed by atoms with van der Waals surface area (Å²) in [5.41, 5.74) is 4.89. The fraction of sp³-hybridized carbons (Fsp3) is 0.407. The Morgan fingerprint density at radius 3 is 2.73 bits per heavy atom. The highest BCUT2D eigenvalue weighted by Crippen LogP contribution is 2.32. The molecule has 0 atom stereocenters. The number of benzene rings is 2. The lowest BCUT2D eigenvalue weighted by molar-refractivity contribution is 0.0924. The minimum Gasteiger partial charge on any atom is -0.496 e. The van der Waals surface area contributed by atoms with E-state index in [4.69, 9.17) is 4.74 Å². The number of hydrogen-bond donors (Lipinski definition) is 2. The Morgan fingerprint density at radius 2 is 1.97 bits per heavy atom. The highest BCUT2D eigenvalue weighted by atomic mass is 16.5. The molecule has 1 aliphatic carbocycles. The molecule has 0 unspecified atom stereocenters. The number of carbonyl (C=O) groups is 1. The second-order valence-electron chi connectivity index (χ2n) is 8.78. The highest BCUT2D eigenvalue weighted by molar-refractivity contribution is 5.99. The van der Waals surface area contributed by atoms with Crippen molar-refractivity contribution < 1.29 is 9.53 Å². The summed E-state index contributed by atoms with van der Waals surface area (Å²) < 4.78 is 7.68. The summed E-state index contributed by atoms with van der Waals surface area (Å²) >= 11 is 0. The van der Waals surface area contributed by atoms with Crippen LogP contribution in [-0.4, -0.2) is 35.2 Å². The first-order valence-electron chi connectivity index (χ1n) is 11.9. The van der Waals surface area contributed by atoms with Crippen molar-refractivity contribution in [2.45, 2.75) is 58.0 Å². The van der Waals surface area contributed by atoms with Gasteiger partial charge in [0.2, 0.25) is 0 Å². The zero-order valence-corrected chi connectivity index (χ0v) is 19.6. The van der Waals surface area contributed by atoms with Crippen LogP contribution in [0.5, 0.6) is 5.75 Å². The van der Waals surface area contributed by atoms with Crippen LogP contribution in [-0.2, 0) is 6.54 Å². The molecule has 0 radical (unpaired) electrons. The van der Waals surface area contributed by atoms with Crippen LogP contribution in [0.25, 0.3) is 11.1 Å². The summed E-state index contributed by atoms with van der Waals surface area (Å²) in [4.78, 5) is 17.3. The largest absolute Gasteiger partial charge is 0.496 e. The maximum absolute atomic E-state index is 13.1. The first kappa shape index (κ1) is 22.9. The average Bonchev–Trinajstić information content (AvgIpc) is 3.26. The van der Waals surface area contributed by atoms with E-state index in [1.165, 1.54) is 25.0 Å². The maximum atomic E-state index is 13.1. The molecule has 33 heavy (non-hydrogen) atoms. The molecule has 1 saturated carbocycles. The van der Waals surface area contributed by atoms with Crippen molar-refractivity contribution in [1.29, 1.82) is 0 Å². The number of methoxy groups -OCH3 is 1. The number of para-hydroxylation sites is 1. The molecule has 3 aromatic rings. The van der Waals surface area contributed by atoms with Gasteiger partial charge in [-0.15, -0.1) is 0 Å². The van der Waals surface area contributed by atoms with E-state index in [0.29, 0.717) is 11.3 Å². The second-order valence-corrected chi connectivity index (χ2v) is 8.78. The molecule has 2 N–H and O–H groups in total. The van der Waals surface area contributed by atoms with Gasteiger partial charge in [-0.05, 0) is 49.9 Å². The molecule has 0 spiro atoms. The topological polar surface area (TPSA) is 68.2 Å². The number of rotatable bonds is 9. The fourth-order valence-corrected chi connectivity index (χ4v) is 4.55. The molecule has 0 bridgehead atoms. The van der Waals surface area contributed by atoms with E-state index < -0.39 is 0 Å². The monoisotopic (exact) mass is 446 g/mol. The summed E-state index contributed by atoms with van der Waals surface area (Å²) in [6.07, 6.45) is 10.5. The first-order chi connectivity index (χ1) is 16.2. The molecule has 0 aliphatic heterocycles. The molecule has 6 heteroatoms. The van der Waals surface area contributed by atoms with Crippen LogP contribution in [0.4, 0.5) is 5.69 Å². The zero-order chi connectivity index (χ0) is 23.0. The lowest BCUT2D eigenvalue weighted by Crippen LogP contribution is -2.36. The quantitative estimate of drug-likeness (QED) is 0.430. The van der Waals surface area contributed by atoms with Crippen LogP contribution < -0.4 is 15.4 Å². The average molecular weight is 447 g/mol. The third-order valence-corrected chi connectivity index (χ3v) is 6.43. The number of aryl methyl sites for hydroxylation is 2. The predicted octanol–water partition coefficient (Wildman–Crippen LogP) is 5.43. The molecule has 0 saturated heterocycles. The summed E-state index contributed by atoms with van der Waals surface area (Å²) in [7, 11) is 1.61. The van der Waals surface area contributed by atoms with Gasteiger partial charge in [-0.1, -0.05) is 43.5 Å². The van der Waals surface area contributed by atoms with E-state index in [2.05, 4.69) is 39.2 Å². The highest BCUT2D eigenvalue weighted by Gasteiger charge is 2.20. The molecule has 4 rings (SSSR count). The van der Waals surface area contributed by atoms with Crippen molar-refractivity contribution >= 4 is 11.6 Å². The van der Waals surface area contributed by atoms with Crippen LogP contribution in [0.2, 0.25) is 0 Å². The molecule has 1 amide bonds. The van der Waals surface area contributed by atoms with Crippen molar-refractivity contribution in [3.8, 4) is 16.9 Å². The normalized spacial score (nSPS) is 14.1. The van der Waals surface area contributed by atoms with E-state index in [-0.39, 0.29) is 11.9 Å². The molecule has 1 aliphatic rings. The summed E-state index contributed by atoms with van der Waals surface area (Å²) in [5, 5.41) is 6.79. The van der Waals surface area contributed by atoms with Gasteiger partial charge in [0, 0.05) is 42.3 Å². The van der Waals surface area contributed by atoms with Gasteiger partial charge in [-0.2, -0.15) is 0 Å². The van der Waals surface area contributed by atoms with Crippen LogP contribution in [0.3, 0.4) is 0 Å². The van der Waals surface area contributed by atoms with Crippen LogP contribution in [0.1, 0.15) is 54.6 Å². The Hall–Kier alpha value is -3.28. The Bertz CT molecular complexity index is 1070. The van der Waals surface area contributed by atoms with Gasteiger partial charge >= 0.3 is 0 Å². The Balaban J connectivity index is 1.48. The zero-order valence-electron chi connectivity index (χ0n) is 19.6. The Kier molecular flexibility index (Phi) is 7.66. The van der Waals surface area contributed by atoms with Gasteiger partial charge < -0.3 is 19.9 Å². The lowest BCUT2D eigenvalue weighted by Gasteiger charge is -2.23. The molecule has 6 nitrogen and oxygen atoms in total. The van der Waals surface area contributed by atoms with Gasteiger partial charge in [0.15, 0.2) is 0 Å². The van der Waals surface area contributed by atoms with E-state index in [0.717, 1.165) is 49.2 Å². The van der Waals surface area contributed by atoms with Crippen molar-refractivity contribution in [3.05, 3.63) is 66.2 Å². The summed E-state index contributed by atoms with van der Waals surface area (Å²) in [6.45, 7) is 3.84. The number of carbonyl (C=O) groups excluding carboxylic acids is 1. The molecule has 1 aromatic heterocycles. The fourth-order valence-electron chi connectivity index (χ4n) is 4.55. The third-order valence-electron chi connectivity index (χ3n) is 6.43. The van der Waals surface area contributed by atoms with E-state index in [1.54, 1.807) is 7.11 Å². The van der Waals surface area contributed by atoms with Gasteiger partial charge in [0.1, 0.15) is 5.75 Å². The number of nitrogens with one attached hydrogen (secondary N) is 2. The number of ether oxygens (including phenoxy) is 1. The number of amides is 1. The number of nitrogens with zero attached hydrogens (tertiary/aromatic N) is 2. The number of anilines is 1. The van der Waals surface area contributed by atoms with Gasteiger partial charge in [0.25, 0.3) is 5.91 Å². The molecule has 1 heterocycles. The van der Waals surface area contributed by atoms with Crippen molar-refractivity contribution in [2.24, 2.45) is 0 Å². The predicted molar refractivity (Wildman–Crippen MR) is 133 cm³/mol. The van der Waals surface area contributed by atoms with Crippen LogP contribution in [0, 0.1) is 6.92 Å². The van der Waals surface area contributed by atoms with Gasteiger partial charge in [-0.25, -0.2) is 4.98 Å². The molecular formula is C27H34N4O2. The molecule has 1 fully saturated rings. The Morgan fingerprint density at radius 1 is 1.15 bits per heavy atom. The maximum Gasteiger partial charge on any atom is 0.255 e. The van der Waals surface area contributed by atoms with Gasteiger partial charge in [-0.3, -0.25) is 4.79 Å². The second kappa shape index (κ2) is 11.0. The van der Waals surface area contributed by atoms with Gasteiger partial charge in [0.05, 0.1) is 19.0 Å². The summed E-state index contributed by atoms with van der Waals surface area (Å²) in [5.74, 6) is 0.551. The van der Waals surface area contributed by atoms with Crippen molar-refractivity contribution in [3.63, 3.8) is 0 Å². The van der Waals surface area contributed by atoms with E-state index >= 15 is 0 Å². The summed E-state index contributed by atoms with van der Waals surface area (Å²) in [6, 6.07) is 14.4. The van der Waals surface area contributed by atoms with Crippen LogP contribution >= 0.6 is 0 Å². The SMILES string of the molecule is COc1ccc(-c2ccccc2NCCCn2cncc2C)cc1C(=O)NC1CCCCC1.